The average Bonchev–Trinajstić information content (AvgIpc) is 2.27. The lowest BCUT2D eigenvalue weighted by molar-refractivity contribution is -0.118. The highest BCUT2D eigenvalue weighted by atomic mass is 35.5. The second kappa shape index (κ2) is 6.61. The van der Waals surface area contributed by atoms with E-state index >= 15 is 0 Å². The number of carbonyl (C=O) groups is 1. The Balaban J connectivity index is 2.72. The molecule has 4 nitrogen and oxygen atoms in total. The van der Waals surface area contributed by atoms with Crippen molar-refractivity contribution in [1.82, 2.24) is 0 Å². The zero-order valence-corrected chi connectivity index (χ0v) is 11.4. The summed E-state index contributed by atoms with van der Waals surface area (Å²) in [5.74, 6) is 0.521. The molecular weight excluding hydrogens is 252 g/mol. The Bertz CT molecular complexity index is 423. The van der Waals surface area contributed by atoms with Crippen LogP contribution in [0.1, 0.15) is 31.4 Å². The predicted octanol–water partition coefficient (Wildman–Crippen LogP) is 2.25. The van der Waals surface area contributed by atoms with E-state index in [4.69, 9.17) is 27.8 Å². The first-order valence-corrected chi connectivity index (χ1v) is 6.19. The molecule has 1 amide bonds. The summed E-state index contributed by atoms with van der Waals surface area (Å²) >= 11 is 6.14. The van der Waals surface area contributed by atoms with Crippen LogP contribution in [0.4, 0.5) is 0 Å². The normalized spacial score (nSPS) is 14.0. The van der Waals surface area contributed by atoms with E-state index in [1.807, 2.05) is 19.1 Å². The second-order valence-corrected chi connectivity index (χ2v) is 4.91. The van der Waals surface area contributed by atoms with Crippen molar-refractivity contribution in [2.24, 2.45) is 17.4 Å². The molecule has 0 spiro atoms. The summed E-state index contributed by atoms with van der Waals surface area (Å²) in [5.41, 5.74) is 12.1. The Morgan fingerprint density at radius 2 is 2.17 bits per heavy atom. The molecule has 0 saturated heterocycles. The van der Waals surface area contributed by atoms with Gasteiger partial charge >= 0.3 is 0 Å². The maximum Gasteiger partial charge on any atom is 0.217 e. The molecule has 2 atom stereocenters. The smallest absolute Gasteiger partial charge is 0.217 e. The van der Waals surface area contributed by atoms with Crippen LogP contribution in [0.3, 0.4) is 0 Å². The van der Waals surface area contributed by atoms with Crippen molar-refractivity contribution < 1.29 is 9.53 Å². The minimum Gasteiger partial charge on any atom is -0.497 e. The monoisotopic (exact) mass is 270 g/mol. The van der Waals surface area contributed by atoms with Crippen LogP contribution in [-0.2, 0) is 4.79 Å². The highest BCUT2D eigenvalue weighted by Crippen LogP contribution is 2.29. The zero-order valence-electron chi connectivity index (χ0n) is 10.7. The lowest BCUT2D eigenvalue weighted by Crippen LogP contribution is -2.19. The van der Waals surface area contributed by atoms with Crippen LogP contribution < -0.4 is 16.2 Å². The van der Waals surface area contributed by atoms with E-state index in [9.17, 15) is 4.79 Å². The average molecular weight is 271 g/mol. The zero-order chi connectivity index (χ0) is 13.7. The van der Waals surface area contributed by atoms with Crippen LogP contribution >= 0.6 is 11.6 Å². The van der Waals surface area contributed by atoms with E-state index in [2.05, 4.69) is 0 Å². The molecule has 100 valence electrons. The lowest BCUT2D eigenvalue weighted by Gasteiger charge is -2.18. The molecule has 0 fully saturated rings. The van der Waals surface area contributed by atoms with E-state index in [1.165, 1.54) is 0 Å². The minimum atomic E-state index is -0.310. The summed E-state index contributed by atoms with van der Waals surface area (Å²) in [5, 5.41) is 0.577. The van der Waals surface area contributed by atoms with Gasteiger partial charge < -0.3 is 16.2 Å². The first-order valence-electron chi connectivity index (χ1n) is 5.81. The molecule has 0 saturated carbocycles. The van der Waals surface area contributed by atoms with Gasteiger partial charge in [-0.15, -0.1) is 0 Å². The Labute approximate surface area is 112 Å². The maximum atomic E-state index is 10.8. The molecule has 5 heteroatoms. The molecule has 1 aromatic rings. The van der Waals surface area contributed by atoms with Gasteiger partial charge in [-0.25, -0.2) is 0 Å². The maximum absolute atomic E-state index is 10.8. The van der Waals surface area contributed by atoms with Crippen LogP contribution in [-0.4, -0.2) is 13.0 Å². The number of carbonyl (C=O) groups excluding carboxylic acids is 1. The molecule has 0 bridgehead atoms. The van der Waals surface area contributed by atoms with E-state index in [0.717, 1.165) is 5.56 Å². The van der Waals surface area contributed by atoms with E-state index < -0.39 is 0 Å². The molecular formula is C13H19ClN2O2. The number of benzene rings is 1. The largest absolute Gasteiger partial charge is 0.497 e. The first-order chi connectivity index (χ1) is 8.43. The molecule has 18 heavy (non-hydrogen) atoms. The first kappa shape index (κ1) is 14.8. The van der Waals surface area contributed by atoms with Crippen LogP contribution in [0.15, 0.2) is 18.2 Å². The molecule has 0 heterocycles. The number of primary amides is 1. The summed E-state index contributed by atoms with van der Waals surface area (Å²) < 4.78 is 5.08. The van der Waals surface area contributed by atoms with Crippen LogP contribution in [0.5, 0.6) is 5.75 Å². The van der Waals surface area contributed by atoms with E-state index in [1.54, 1.807) is 13.2 Å². The fraction of sp³-hybridized carbons (Fsp3) is 0.462. The summed E-state index contributed by atoms with van der Waals surface area (Å²) in [7, 11) is 1.58. The quantitative estimate of drug-likeness (QED) is 0.832. The number of ether oxygens (including phenoxy) is 1. The van der Waals surface area contributed by atoms with Gasteiger partial charge in [-0.3, -0.25) is 4.79 Å². The van der Waals surface area contributed by atoms with Gasteiger partial charge in [0, 0.05) is 17.5 Å². The van der Waals surface area contributed by atoms with Crippen molar-refractivity contribution in [3.8, 4) is 5.75 Å². The molecule has 0 aliphatic carbocycles. The fourth-order valence-corrected chi connectivity index (χ4v) is 2.23. The van der Waals surface area contributed by atoms with Crippen molar-refractivity contribution >= 4 is 17.5 Å². The topological polar surface area (TPSA) is 78.3 Å². The fourth-order valence-electron chi connectivity index (χ4n) is 1.92. The Hall–Kier alpha value is -1.26. The molecule has 2 unspecified atom stereocenters. The number of hydrogen-bond donors (Lipinski definition) is 2. The standard InChI is InChI=1S/C13H19ClN2O2/c1-8(6-13(16)17)5-12(15)10-4-3-9(18-2)7-11(10)14/h3-4,7-8,12H,5-6,15H2,1-2H3,(H2,16,17). The Morgan fingerprint density at radius 3 is 2.67 bits per heavy atom. The Morgan fingerprint density at radius 1 is 1.50 bits per heavy atom. The van der Waals surface area contributed by atoms with Gasteiger partial charge in [0.15, 0.2) is 0 Å². The van der Waals surface area contributed by atoms with Crippen molar-refractivity contribution in [3.63, 3.8) is 0 Å². The molecule has 4 N–H and O–H groups in total. The number of amides is 1. The summed E-state index contributed by atoms with van der Waals surface area (Å²) in [6.07, 6.45) is 0.996. The number of nitrogens with two attached hydrogens (primary N) is 2. The van der Waals surface area contributed by atoms with Gasteiger partial charge in [0.05, 0.1) is 7.11 Å². The van der Waals surface area contributed by atoms with Crippen LogP contribution in [0.25, 0.3) is 0 Å². The molecule has 0 aromatic heterocycles. The number of methoxy groups -OCH3 is 1. The lowest BCUT2D eigenvalue weighted by atomic mass is 9.94. The third kappa shape index (κ3) is 4.20. The van der Waals surface area contributed by atoms with Crippen molar-refractivity contribution in [3.05, 3.63) is 28.8 Å². The van der Waals surface area contributed by atoms with E-state index in [0.29, 0.717) is 23.6 Å². The van der Waals surface area contributed by atoms with Gasteiger partial charge in [0.2, 0.25) is 5.91 Å². The number of hydrogen-bond acceptors (Lipinski definition) is 3. The molecule has 0 radical (unpaired) electrons. The molecule has 0 aliphatic rings. The van der Waals surface area contributed by atoms with Crippen LogP contribution in [0.2, 0.25) is 5.02 Å². The third-order valence-corrected chi connectivity index (χ3v) is 3.14. The summed E-state index contributed by atoms with van der Waals surface area (Å²) in [6.45, 7) is 1.95. The van der Waals surface area contributed by atoms with Gasteiger partial charge in [0.1, 0.15) is 5.75 Å². The van der Waals surface area contributed by atoms with E-state index in [-0.39, 0.29) is 17.9 Å². The van der Waals surface area contributed by atoms with Gasteiger partial charge in [-0.1, -0.05) is 24.6 Å². The molecule has 0 aliphatic heterocycles. The third-order valence-electron chi connectivity index (χ3n) is 2.81. The van der Waals surface area contributed by atoms with Crippen LogP contribution in [0, 0.1) is 5.92 Å². The molecule has 1 aromatic carbocycles. The van der Waals surface area contributed by atoms with Gasteiger partial charge in [0.25, 0.3) is 0 Å². The summed E-state index contributed by atoms with van der Waals surface area (Å²) in [6, 6.07) is 5.19. The molecule has 1 rings (SSSR count). The predicted molar refractivity (Wildman–Crippen MR) is 72.5 cm³/mol. The highest BCUT2D eigenvalue weighted by molar-refractivity contribution is 6.31. The number of rotatable bonds is 6. The highest BCUT2D eigenvalue weighted by Gasteiger charge is 2.15. The number of halogens is 1. The second-order valence-electron chi connectivity index (χ2n) is 4.51. The summed E-state index contributed by atoms with van der Waals surface area (Å²) in [4.78, 5) is 10.8. The van der Waals surface area contributed by atoms with Crippen molar-refractivity contribution in [2.45, 2.75) is 25.8 Å². The van der Waals surface area contributed by atoms with Crippen molar-refractivity contribution in [2.75, 3.05) is 7.11 Å². The van der Waals surface area contributed by atoms with Gasteiger partial charge in [-0.05, 0) is 30.0 Å². The van der Waals surface area contributed by atoms with Gasteiger partial charge in [-0.2, -0.15) is 0 Å². The Kier molecular flexibility index (Phi) is 5.44. The SMILES string of the molecule is COc1ccc(C(N)CC(C)CC(N)=O)c(Cl)c1. The van der Waals surface area contributed by atoms with Crippen molar-refractivity contribution in [1.29, 1.82) is 0 Å². The minimum absolute atomic E-state index is 0.135.